The van der Waals surface area contributed by atoms with Gasteiger partial charge in [0.15, 0.2) is 0 Å². The summed E-state index contributed by atoms with van der Waals surface area (Å²) in [4.78, 5) is 10.3. The van der Waals surface area contributed by atoms with Crippen molar-refractivity contribution in [2.45, 2.75) is 24.4 Å². The number of benzene rings is 1. The summed E-state index contributed by atoms with van der Waals surface area (Å²) in [6.07, 6.45) is -4.50. The van der Waals surface area contributed by atoms with Crippen LogP contribution in [0.4, 0.5) is 13.2 Å². The molecule has 1 aromatic carbocycles. The van der Waals surface area contributed by atoms with E-state index in [0.717, 1.165) is 12.1 Å². The van der Waals surface area contributed by atoms with Crippen LogP contribution in [0.25, 0.3) is 0 Å². The highest BCUT2D eigenvalue weighted by Crippen LogP contribution is 2.33. The molecule has 0 fully saturated rings. The molecule has 0 bridgehead atoms. The Hall–Kier alpha value is -1.23. The van der Waals surface area contributed by atoms with Crippen molar-refractivity contribution >= 4 is 17.6 Å². The number of rotatable bonds is 4. The van der Waals surface area contributed by atoms with Gasteiger partial charge in [0, 0.05) is 6.42 Å². The number of aliphatic carboxylic acids is 1. The molecule has 1 atom stereocenters. The second-order valence-electron chi connectivity index (χ2n) is 3.52. The Bertz CT molecular complexity index is 404. The van der Waals surface area contributed by atoms with Crippen LogP contribution in [-0.4, -0.2) is 11.1 Å². The van der Waals surface area contributed by atoms with Crippen molar-refractivity contribution in [1.29, 1.82) is 0 Å². The van der Waals surface area contributed by atoms with Crippen molar-refractivity contribution in [2.75, 3.05) is 0 Å². The molecule has 0 heterocycles. The SMILES string of the molecule is O=C(O)CCC(Cl)c1cccc(C(F)(F)F)c1. The molecule has 1 N–H and O–H groups in total. The van der Waals surface area contributed by atoms with Crippen molar-refractivity contribution in [3.05, 3.63) is 35.4 Å². The molecule has 0 radical (unpaired) electrons. The van der Waals surface area contributed by atoms with Crippen molar-refractivity contribution in [2.24, 2.45) is 0 Å². The molecule has 0 aliphatic heterocycles. The van der Waals surface area contributed by atoms with Crippen LogP contribution in [0, 0.1) is 0 Å². The lowest BCUT2D eigenvalue weighted by molar-refractivity contribution is -0.138. The van der Waals surface area contributed by atoms with Gasteiger partial charge in [-0.15, -0.1) is 11.6 Å². The predicted octanol–water partition coefficient (Wildman–Crippen LogP) is 3.85. The summed E-state index contributed by atoms with van der Waals surface area (Å²) < 4.78 is 37.2. The van der Waals surface area contributed by atoms with Crippen LogP contribution in [0.2, 0.25) is 0 Å². The lowest BCUT2D eigenvalue weighted by atomic mass is 10.0. The normalized spacial score (nSPS) is 13.4. The van der Waals surface area contributed by atoms with E-state index in [-0.39, 0.29) is 18.4 Å². The van der Waals surface area contributed by atoms with Crippen LogP contribution in [0.1, 0.15) is 29.3 Å². The number of hydrogen-bond donors (Lipinski definition) is 1. The first-order valence-corrected chi connectivity index (χ1v) is 5.27. The third-order valence-corrected chi connectivity index (χ3v) is 2.66. The first-order chi connectivity index (χ1) is 7.80. The first-order valence-electron chi connectivity index (χ1n) is 4.83. The van der Waals surface area contributed by atoms with Crippen molar-refractivity contribution < 1.29 is 23.1 Å². The number of carboxylic acids is 1. The van der Waals surface area contributed by atoms with Crippen LogP contribution >= 0.6 is 11.6 Å². The second-order valence-corrected chi connectivity index (χ2v) is 4.05. The highest BCUT2D eigenvalue weighted by molar-refractivity contribution is 6.20. The molecular weight excluding hydrogens is 257 g/mol. The maximum absolute atomic E-state index is 12.4. The maximum Gasteiger partial charge on any atom is 0.416 e. The Balaban J connectivity index is 2.81. The molecule has 0 saturated carbocycles. The Labute approximate surface area is 101 Å². The molecule has 1 rings (SSSR count). The molecule has 0 saturated heterocycles. The Morgan fingerprint density at radius 3 is 2.59 bits per heavy atom. The zero-order valence-corrected chi connectivity index (χ0v) is 9.42. The molecular formula is C11H10ClF3O2. The minimum atomic E-state index is -4.42. The smallest absolute Gasteiger partial charge is 0.416 e. The Kier molecular flexibility index (Phi) is 4.40. The molecule has 2 nitrogen and oxygen atoms in total. The van der Waals surface area contributed by atoms with Crippen molar-refractivity contribution in [3.8, 4) is 0 Å². The summed E-state index contributed by atoms with van der Waals surface area (Å²) in [6.45, 7) is 0. The predicted molar refractivity (Wildman–Crippen MR) is 56.9 cm³/mol. The van der Waals surface area contributed by atoms with Gasteiger partial charge in [0.2, 0.25) is 0 Å². The fourth-order valence-electron chi connectivity index (χ4n) is 1.33. The van der Waals surface area contributed by atoms with E-state index in [1.165, 1.54) is 12.1 Å². The van der Waals surface area contributed by atoms with E-state index in [4.69, 9.17) is 16.7 Å². The average Bonchev–Trinajstić information content (AvgIpc) is 2.25. The second kappa shape index (κ2) is 5.40. The summed E-state index contributed by atoms with van der Waals surface area (Å²) in [5.74, 6) is -1.03. The number of hydrogen-bond acceptors (Lipinski definition) is 1. The highest BCUT2D eigenvalue weighted by atomic mass is 35.5. The van der Waals surface area contributed by atoms with E-state index in [0.29, 0.717) is 0 Å². The van der Waals surface area contributed by atoms with Crippen LogP contribution in [0.5, 0.6) is 0 Å². The van der Waals surface area contributed by atoms with E-state index in [2.05, 4.69) is 0 Å². The molecule has 0 aliphatic carbocycles. The van der Waals surface area contributed by atoms with Gasteiger partial charge in [-0.1, -0.05) is 18.2 Å². The van der Waals surface area contributed by atoms with Gasteiger partial charge in [0.1, 0.15) is 0 Å². The van der Waals surface area contributed by atoms with Gasteiger partial charge < -0.3 is 5.11 Å². The lowest BCUT2D eigenvalue weighted by Crippen LogP contribution is -2.06. The first kappa shape index (κ1) is 13.8. The fourth-order valence-corrected chi connectivity index (χ4v) is 1.57. The van der Waals surface area contributed by atoms with Crippen LogP contribution in [-0.2, 0) is 11.0 Å². The molecule has 17 heavy (non-hydrogen) atoms. The van der Waals surface area contributed by atoms with E-state index in [1.807, 2.05) is 0 Å². The zero-order chi connectivity index (χ0) is 13.1. The van der Waals surface area contributed by atoms with Gasteiger partial charge in [-0.3, -0.25) is 4.79 Å². The van der Waals surface area contributed by atoms with Crippen LogP contribution in [0.15, 0.2) is 24.3 Å². The number of alkyl halides is 4. The quantitative estimate of drug-likeness (QED) is 0.841. The molecule has 1 unspecified atom stereocenters. The summed E-state index contributed by atoms with van der Waals surface area (Å²) in [6, 6.07) is 4.60. The van der Waals surface area contributed by atoms with Gasteiger partial charge in [0.25, 0.3) is 0 Å². The average molecular weight is 267 g/mol. The van der Waals surface area contributed by atoms with Crippen molar-refractivity contribution in [1.82, 2.24) is 0 Å². The van der Waals surface area contributed by atoms with Crippen LogP contribution in [0.3, 0.4) is 0 Å². The summed E-state index contributed by atoms with van der Waals surface area (Å²) in [5, 5.41) is 7.73. The van der Waals surface area contributed by atoms with Gasteiger partial charge >= 0.3 is 12.1 Å². The van der Waals surface area contributed by atoms with Gasteiger partial charge in [0.05, 0.1) is 10.9 Å². The fraction of sp³-hybridized carbons (Fsp3) is 0.364. The van der Waals surface area contributed by atoms with E-state index in [1.54, 1.807) is 0 Å². The minimum Gasteiger partial charge on any atom is -0.481 e. The Morgan fingerprint density at radius 2 is 2.06 bits per heavy atom. The Morgan fingerprint density at radius 1 is 1.41 bits per heavy atom. The molecule has 94 valence electrons. The van der Waals surface area contributed by atoms with Crippen molar-refractivity contribution in [3.63, 3.8) is 0 Å². The minimum absolute atomic E-state index is 0.0954. The highest BCUT2D eigenvalue weighted by Gasteiger charge is 2.30. The molecule has 1 aromatic rings. The summed E-state index contributed by atoms with van der Waals surface area (Å²) in [7, 11) is 0. The van der Waals surface area contributed by atoms with Gasteiger partial charge in [-0.2, -0.15) is 13.2 Å². The van der Waals surface area contributed by atoms with E-state index >= 15 is 0 Å². The summed E-state index contributed by atoms with van der Waals surface area (Å²) in [5.41, 5.74) is -0.501. The number of carbonyl (C=O) groups is 1. The molecule has 0 aliphatic rings. The van der Waals surface area contributed by atoms with E-state index in [9.17, 15) is 18.0 Å². The zero-order valence-electron chi connectivity index (χ0n) is 8.67. The lowest BCUT2D eigenvalue weighted by Gasteiger charge is -2.12. The molecule has 0 amide bonds. The summed E-state index contributed by atoms with van der Waals surface area (Å²) >= 11 is 5.84. The number of carboxylic acid groups (broad SMARTS) is 1. The topological polar surface area (TPSA) is 37.3 Å². The van der Waals surface area contributed by atoms with E-state index < -0.39 is 23.1 Å². The van der Waals surface area contributed by atoms with Crippen LogP contribution < -0.4 is 0 Å². The monoisotopic (exact) mass is 266 g/mol. The largest absolute Gasteiger partial charge is 0.481 e. The standard InChI is InChI=1S/C11H10ClF3O2/c12-9(4-5-10(16)17)7-2-1-3-8(6-7)11(13,14)15/h1-3,6,9H,4-5H2,(H,16,17). The molecule has 0 spiro atoms. The maximum atomic E-state index is 12.4. The van der Waals surface area contributed by atoms with Gasteiger partial charge in [-0.25, -0.2) is 0 Å². The third-order valence-electron chi connectivity index (χ3n) is 2.19. The number of halogens is 4. The molecule has 6 heteroatoms. The van der Waals surface area contributed by atoms with Gasteiger partial charge in [-0.05, 0) is 18.1 Å². The third kappa shape index (κ3) is 4.26. The molecule has 0 aromatic heterocycles.